The summed E-state index contributed by atoms with van der Waals surface area (Å²) in [7, 11) is -1.63. The lowest BCUT2D eigenvalue weighted by Gasteiger charge is -2.35. The van der Waals surface area contributed by atoms with Gasteiger partial charge >= 0.3 is 0 Å². The lowest BCUT2D eigenvalue weighted by atomic mass is 9.78. The minimum Gasteiger partial charge on any atom is -0.384 e. The third kappa shape index (κ3) is 4.66. The van der Waals surface area contributed by atoms with Gasteiger partial charge in [-0.3, -0.25) is 4.79 Å². The molecule has 0 spiro atoms. The third-order valence-electron chi connectivity index (χ3n) is 4.05. The zero-order valence-electron chi connectivity index (χ0n) is 13.5. The number of hydrogen-bond donors (Lipinski definition) is 2. The highest BCUT2D eigenvalue weighted by Gasteiger charge is 2.39. The van der Waals surface area contributed by atoms with E-state index in [2.05, 4.69) is 10.6 Å². The maximum Gasteiger partial charge on any atom is 0.228 e. The van der Waals surface area contributed by atoms with Gasteiger partial charge in [-0.2, -0.15) is 0 Å². The highest BCUT2D eigenvalue weighted by atomic mass is 32.2. The number of ether oxygens (including phenoxy) is 1. The topological polar surface area (TPSA) is 84.5 Å². The van der Waals surface area contributed by atoms with Gasteiger partial charge < -0.3 is 15.4 Å². The fourth-order valence-electron chi connectivity index (χ4n) is 2.41. The van der Waals surface area contributed by atoms with E-state index in [0.29, 0.717) is 19.4 Å². The van der Waals surface area contributed by atoms with Crippen LogP contribution in [0.4, 0.5) is 0 Å². The number of carbonyl (C=O) groups excluding carboxylic acids is 1. The Balaban J connectivity index is 2.59. The standard InChI is InChI=1S/C14H28N2O4S/c1-13(2,3)21(18,19)10-9-16-12(17)14(11-20-4)5-7-15-8-6-14/h15H,5-11H2,1-4H3,(H,16,17). The Morgan fingerprint density at radius 2 is 1.86 bits per heavy atom. The molecule has 0 bridgehead atoms. The average molecular weight is 320 g/mol. The van der Waals surface area contributed by atoms with Crippen molar-refractivity contribution in [3.63, 3.8) is 0 Å². The highest BCUT2D eigenvalue weighted by molar-refractivity contribution is 7.92. The molecule has 1 aliphatic rings. The first kappa shape index (κ1) is 18.4. The van der Waals surface area contributed by atoms with E-state index in [9.17, 15) is 13.2 Å². The molecule has 124 valence electrons. The maximum atomic E-state index is 12.4. The van der Waals surface area contributed by atoms with Gasteiger partial charge in [-0.05, 0) is 46.7 Å². The summed E-state index contributed by atoms with van der Waals surface area (Å²) in [6.07, 6.45) is 1.41. The Labute approximate surface area is 127 Å². The summed E-state index contributed by atoms with van der Waals surface area (Å²) < 4.78 is 28.5. The van der Waals surface area contributed by atoms with Crippen molar-refractivity contribution in [3.8, 4) is 0 Å². The molecule has 2 N–H and O–H groups in total. The van der Waals surface area contributed by atoms with Crippen LogP contribution in [0.3, 0.4) is 0 Å². The first-order chi connectivity index (χ1) is 9.65. The van der Waals surface area contributed by atoms with E-state index in [-0.39, 0.29) is 18.2 Å². The van der Waals surface area contributed by atoms with E-state index < -0.39 is 20.0 Å². The molecule has 1 rings (SSSR count). The minimum absolute atomic E-state index is 0.0381. The van der Waals surface area contributed by atoms with E-state index in [0.717, 1.165) is 13.1 Å². The molecule has 7 heteroatoms. The smallest absolute Gasteiger partial charge is 0.228 e. The second-order valence-corrected chi connectivity index (χ2v) is 9.51. The molecular weight excluding hydrogens is 292 g/mol. The predicted molar refractivity (Wildman–Crippen MR) is 83.0 cm³/mol. The molecule has 0 unspecified atom stereocenters. The molecule has 0 radical (unpaired) electrons. The molecule has 0 saturated carbocycles. The molecule has 1 saturated heterocycles. The number of methoxy groups -OCH3 is 1. The van der Waals surface area contributed by atoms with Crippen LogP contribution in [0.2, 0.25) is 0 Å². The number of hydrogen-bond acceptors (Lipinski definition) is 5. The van der Waals surface area contributed by atoms with Gasteiger partial charge in [0, 0.05) is 13.7 Å². The Bertz CT molecular complexity index is 443. The van der Waals surface area contributed by atoms with Crippen LogP contribution in [0.5, 0.6) is 0 Å². The van der Waals surface area contributed by atoms with Gasteiger partial charge in [0.15, 0.2) is 9.84 Å². The fraction of sp³-hybridized carbons (Fsp3) is 0.929. The summed E-state index contributed by atoms with van der Waals surface area (Å²) >= 11 is 0. The quantitative estimate of drug-likeness (QED) is 0.737. The highest BCUT2D eigenvalue weighted by Crippen LogP contribution is 2.29. The van der Waals surface area contributed by atoms with Crippen molar-refractivity contribution >= 4 is 15.7 Å². The average Bonchev–Trinajstić information content (AvgIpc) is 2.38. The second-order valence-electron chi connectivity index (χ2n) is 6.65. The summed E-state index contributed by atoms with van der Waals surface area (Å²) in [6, 6.07) is 0. The molecule has 1 aliphatic heterocycles. The van der Waals surface area contributed by atoms with Crippen LogP contribution in [0.15, 0.2) is 0 Å². The summed E-state index contributed by atoms with van der Waals surface area (Å²) in [5, 5.41) is 6.00. The van der Waals surface area contributed by atoms with E-state index in [1.165, 1.54) is 0 Å². The lowest BCUT2D eigenvalue weighted by molar-refractivity contribution is -0.136. The van der Waals surface area contributed by atoms with E-state index in [4.69, 9.17) is 4.74 Å². The molecule has 1 heterocycles. The van der Waals surface area contributed by atoms with Crippen LogP contribution in [0.1, 0.15) is 33.6 Å². The number of nitrogens with one attached hydrogen (secondary N) is 2. The Kier molecular flexibility index (Phi) is 6.19. The van der Waals surface area contributed by atoms with Crippen LogP contribution in [0.25, 0.3) is 0 Å². The summed E-state index contributed by atoms with van der Waals surface area (Å²) in [5.74, 6) is -0.140. The van der Waals surface area contributed by atoms with Crippen LogP contribution in [0, 0.1) is 5.41 Å². The van der Waals surface area contributed by atoms with Crippen molar-refractivity contribution in [2.24, 2.45) is 5.41 Å². The SMILES string of the molecule is COCC1(C(=O)NCCS(=O)(=O)C(C)(C)C)CCNCC1. The maximum absolute atomic E-state index is 12.4. The number of piperidine rings is 1. The Morgan fingerprint density at radius 1 is 1.29 bits per heavy atom. The van der Waals surface area contributed by atoms with Crippen molar-refractivity contribution in [1.82, 2.24) is 10.6 Å². The van der Waals surface area contributed by atoms with E-state index in [1.807, 2.05) is 0 Å². The monoisotopic (exact) mass is 320 g/mol. The van der Waals surface area contributed by atoms with Gasteiger partial charge in [0.05, 0.1) is 22.5 Å². The van der Waals surface area contributed by atoms with Crippen LogP contribution in [-0.2, 0) is 19.4 Å². The third-order valence-corrected chi connectivity index (χ3v) is 6.66. The Morgan fingerprint density at radius 3 is 2.33 bits per heavy atom. The van der Waals surface area contributed by atoms with Crippen molar-refractivity contribution in [3.05, 3.63) is 0 Å². The number of amides is 1. The van der Waals surface area contributed by atoms with Gasteiger partial charge in [-0.15, -0.1) is 0 Å². The first-order valence-corrected chi connectivity index (χ1v) is 9.00. The second kappa shape index (κ2) is 7.07. The predicted octanol–water partition coefficient (Wildman–Crippen LogP) is 0.332. The number of rotatable bonds is 6. The zero-order valence-corrected chi connectivity index (χ0v) is 14.3. The van der Waals surface area contributed by atoms with Gasteiger partial charge in [-0.25, -0.2) is 8.42 Å². The zero-order chi connectivity index (χ0) is 16.1. The first-order valence-electron chi connectivity index (χ1n) is 7.35. The fourth-order valence-corrected chi connectivity index (χ4v) is 3.39. The summed E-state index contributed by atoms with van der Waals surface area (Å²) in [4.78, 5) is 12.4. The molecule has 0 aromatic heterocycles. The normalized spacial score (nSPS) is 19.2. The van der Waals surface area contributed by atoms with Crippen molar-refractivity contribution in [2.45, 2.75) is 38.4 Å². The van der Waals surface area contributed by atoms with Crippen LogP contribution in [-0.4, -0.2) is 58.2 Å². The van der Waals surface area contributed by atoms with Crippen molar-refractivity contribution < 1.29 is 17.9 Å². The summed E-state index contributed by atoms with van der Waals surface area (Å²) in [5.41, 5.74) is -0.536. The van der Waals surface area contributed by atoms with E-state index in [1.54, 1.807) is 27.9 Å². The van der Waals surface area contributed by atoms with Crippen LogP contribution < -0.4 is 10.6 Å². The minimum atomic E-state index is -3.21. The molecule has 0 aromatic carbocycles. The molecule has 1 fully saturated rings. The van der Waals surface area contributed by atoms with Crippen LogP contribution >= 0.6 is 0 Å². The van der Waals surface area contributed by atoms with Gasteiger partial charge in [0.1, 0.15) is 0 Å². The molecule has 21 heavy (non-hydrogen) atoms. The van der Waals surface area contributed by atoms with Gasteiger partial charge in [-0.1, -0.05) is 0 Å². The largest absolute Gasteiger partial charge is 0.384 e. The van der Waals surface area contributed by atoms with Crippen molar-refractivity contribution in [1.29, 1.82) is 0 Å². The molecule has 0 aromatic rings. The van der Waals surface area contributed by atoms with E-state index >= 15 is 0 Å². The molecule has 6 nitrogen and oxygen atoms in total. The molecular formula is C14H28N2O4S. The molecule has 1 amide bonds. The lowest BCUT2D eigenvalue weighted by Crippen LogP contribution is -2.51. The summed E-state index contributed by atoms with van der Waals surface area (Å²) in [6.45, 7) is 7.08. The molecule has 0 atom stereocenters. The van der Waals surface area contributed by atoms with Crippen molar-refractivity contribution in [2.75, 3.05) is 39.1 Å². The number of sulfone groups is 1. The van der Waals surface area contributed by atoms with Gasteiger partial charge in [0.25, 0.3) is 0 Å². The molecule has 0 aliphatic carbocycles. The van der Waals surface area contributed by atoms with Gasteiger partial charge in [0.2, 0.25) is 5.91 Å². The number of carbonyl (C=O) groups is 1. The Hall–Kier alpha value is -0.660.